The third kappa shape index (κ3) is 2.27. The molecule has 0 spiro atoms. The molecule has 0 radical (unpaired) electrons. The van der Waals surface area contributed by atoms with E-state index in [1.165, 1.54) is 18.4 Å². The first kappa shape index (κ1) is 9.12. The largest absolute Gasteiger partial charge is 0.504 e. The summed E-state index contributed by atoms with van der Waals surface area (Å²) in [6.07, 6.45) is 7.24. The number of allylic oxidation sites excluding steroid dienone is 1. The zero-order valence-electron chi connectivity index (χ0n) is 7.55. The lowest BCUT2D eigenvalue weighted by Crippen LogP contribution is -2.09. The highest BCUT2D eigenvalue weighted by Gasteiger charge is 2.18. The van der Waals surface area contributed by atoms with Crippen LogP contribution in [0.2, 0.25) is 0 Å². The topological polar surface area (TPSA) is 33.0 Å². The van der Waals surface area contributed by atoms with Crippen molar-refractivity contribution in [2.45, 2.75) is 32.1 Å². The standard InChI is InChI=1S/C10H15NO/c1-12-8-10-5-3-2-4-9(10)6-7-11/h8-9H,2-6H2,1H3/b10-8-. The molecular formula is C10H15NO. The average Bonchev–Trinajstić information content (AvgIpc) is 2.09. The van der Waals surface area contributed by atoms with Crippen LogP contribution in [-0.4, -0.2) is 7.11 Å². The van der Waals surface area contributed by atoms with Crippen LogP contribution in [0.25, 0.3) is 0 Å². The maximum Gasteiger partial charge on any atom is 0.0819 e. The maximum absolute atomic E-state index is 8.59. The van der Waals surface area contributed by atoms with Crippen molar-refractivity contribution in [3.05, 3.63) is 11.8 Å². The first-order valence-corrected chi connectivity index (χ1v) is 4.47. The lowest BCUT2D eigenvalue weighted by Gasteiger charge is -2.22. The summed E-state index contributed by atoms with van der Waals surface area (Å²) < 4.78 is 4.99. The Morgan fingerprint density at radius 3 is 3.17 bits per heavy atom. The molecule has 12 heavy (non-hydrogen) atoms. The van der Waals surface area contributed by atoms with Crippen LogP contribution in [0, 0.1) is 17.2 Å². The second-order valence-corrected chi connectivity index (χ2v) is 3.23. The van der Waals surface area contributed by atoms with Gasteiger partial charge in [0.05, 0.1) is 19.4 Å². The van der Waals surface area contributed by atoms with Crippen molar-refractivity contribution in [1.82, 2.24) is 0 Å². The third-order valence-corrected chi connectivity index (χ3v) is 2.40. The number of hydrogen-bond donors (Lipinski definition) is 0. The molecule has 0 N–H and O–H groups in total. The van der Waals surface area contributed by atoms with E-state index in [9.17, 15) is 0 Å². The number of nitriles is 1. The second kappa shape index (κ2) is 4.82. The second-order valence-electron chi connectivity index (χ2n) is 3.23. The number of hydrogen-bond acceptors (Lipinski definition) is 2. The number of rotatable bonds is 2. The number of nitrogens with zero attached hydrogens (tertiary/aromatic N) is 1. The minimum Gasteiger partial charge on any atom is -0.504 e. The molecule has 1 unspecified atom stereocenters. The van der Waals surface area contributed by atoms with E-state index < -0.39 is 0 Å². The van der Waals surface area contributed by atoms with Gasteiger partial charge < -0.3 is 4.74 Å². The fraction of sp³-hybridized carbons (Fsp3) is 0.700. The van der Waals surface area contributed by atoms with Gasteiger partial charge in [-0.1, -0.05) is 6.42 Å². The van der Waals surface area contributed by atoms with Crippen LogP contribution >= 0.6 is 0 Å². The minimum absolute atomic E-state index is 0.462. The zero-order valence-corrected chi connectivity index (χ0v) is 7.55. The molecule has 1 rings (SSSR count). The molecule has 66 valence electrons. The van der Waals surface area contributed by atoms with Crippen LogP contribution in [0.3, 0.4) is 0 Å². The summed E-state index contributed by atoms with van der Waals surface area (Å²) in [6, 6.07) is 2.23. The fourth-order valence-corrected chi connectivity index (χ4v) is 1.76. The van der Waals surface area contributed by atoms with Gasteiger partial charge in [0, 0.05) is 6.42 Å². The van der Waals surface area contributed by atoms with Crippen molar-refractivity contribution >= 4 is 0 Å². The quantitative estimate of drug-likeness (QED) is 0.589. The van der Waals surface area contributed by atoms with Crippen LogP contribution in [0.1, 0.15) is 32.1 Å². The average molecular weight is 165 g/mol. The number of methoxy groups -OCH3 is 1. The highest BCUT2D eigenvalue weighted by atomic mass is 16.5. The SMILES string of the molecule is CO/C=C1/CCCCC1CC#N. The van der Waals surface area contributed by atoms with Crippen LogP contribution in [0.5, 0.6) is 0 Å². The molecule has 0 aromatic carbocycles. The summed E-state index contributed by atoms with van der Waals surface area (Å²) in [5, 5.41) is 8.59. The molecule has 1 fully saturated rings. The Bertz CT molecular complexity index is 202. The van der Waals surface area contributed by atoms with Gasteiger partial charge in [-0.3, -0.25) is 0 Å². The third-order valence-electron chi connectivity index (χ3n) is 2.40. The predicted octanol–water partition coefficient (Wildman–Crippen LogP) is 2.62. The molecule has 0 saturated heterocycles. The summed E-state index contributed by atoms with van der Waals surface area (Å²) >= 11 is 0. The van der Waals surface area contributed by atoms with Gasteiger partial charge in [0.2, 0.25) is 0 Å². The van der Waals surface area contributed by atoms with E-state index in [0.29, 0.717) is 12.3 Å². The molecule has 1 aliphatic rings. The van der Waals surface area contributed by atoms with Gasteiger partial charge in [-0.15, -0.1) is 0 Å². The Balaban J connectivity index is 2.55. The summed E-state index contributed by atoms with van der Waals surface area (Å²) in [6.45, 7) is 0. The monoisotopic (exact) mass is 165 g/mol. The summed E-state index contributed by atoms with van der Waals surface area (Å²) in [5.41, 5.74) is 1.32. The summed E-state index contributed by atoms with van der Waals surface area (Å²) in [4.78, 5) is 0. The molecule has 0 heterocycles. The van der Waals surface area contributed by atoms with Crippen LogP contribution in [0.15, 0.2) is 11.8 Å². The molecule has 0 aromatic heterocycles. The van der Waals surface area contributed by atoms with Gasteiger partial charge in [0.15, 0.2) is 0 Å². The zero-order chi connectivity index (χ0) is 8.81. The molecule has 1 saturated carbocycles. The van der Waals surface area contributed by atoms with Gasteiger partial charge in [-0.25, -0.2) is 0 Å². The first-order chi connectivity index (χ1) is 5.88. The van der Waals surface area contributed by atoms with Crippen LogP contribution < -0.4 is 0 Å². The smallest absolute Gasteiger partial charge is 0.0819 e. The van der Waals surface area contributed by atoms with Crippen molar-refractivity contribution in [3.63, 3.8) is 0 Å². The van der Waals surface area contributed by atoms with Gasteiger partial charge in [-0.2, -0.15) is 5.26 Å². The molecule has 0 aliphatic heterocycles. The minimum atomic E-state index is 0.462. The molecule has 0 amide bonds. The van der Waals surface area contributed by atoms with Crippen molar-refractivity contribution in [3.8, 4) is 6.07 Å². The van der Waals surface area contributed by atoms with E-state index in [-0.39, 0.29) is 0 Å². The van der Waals surface area contributed by atoms with E-state index in [4.69, 9.17) is 10.00 Å². The Morgan fingerprint density at radius 1 is 1.67 bits per heavy atom. The molecule has 0 bridgehead atoms. The van der Waals surface area contributed by atoms with Gasteiger partial charge >= 0.3 is 0 Å². The van der Waals surface area contributed by atoms with Crippen molar-refractivity contribution in [1.29, 1.82) is 5.26 Å². The lowest BCUT2D eigenvalue weighted by molar-refractivity contribution is 0.318. The van der Waals surface area contributed by atoms with E-state index >= 15 is 0 Å². The Morgan fingerprint density at radius 2 is 2.50 bits per heavy atom. The molecule has 1 aliphatic carbocycles. The Hall–Kier alpha value is -0.970. The maximum atomic E-state index is 8.59. The first-order valence-electron chi connectivity index (χ1n) is 4.47. The molecule has 1 atom stereocenters. The van der Waals surface area contributed by atoms with Crippen molar-refractivity contribution < 1.29 is 4.74 Å². The highest BCUT2D eigenvalue weighted by molar-refractivity contribution is 5.08. The summed E-state index contributed by atoms with van der Waals surface area (Å²) in [7, 11) is 1.67. The molecule has 0 aromatic rings. The van der Waals surface area contributed by atoms with Gasteiger partial charge in [0.25, 0.3) is 0 Å². The lowest BCUT2D eigenvalue weighted by atomic mass is 9.83. The molecule has 2 nitrogen and oxygen atoms in total. The van der Waals surface area contributed by atoms with E-state index in [0.717, 1.165) is 12.8 Å². The fourth-order valence-electron chi connectivity index (χ4n) is 1.76. The highest BCUT2D eigenvalue weighted by Crippen LogP contribution is 2.31. The van der Waals surface area contributed by atoms with Crippen molar-refractivity contribution in [2.75, 3.05) is 7.11 Å². The Kier molecular flexibility index (Phi) is 3.66. The normalized spacial score (nSPS) is 26.7. The molecular weight excluding hydrogens is 150 g/mol. The summed E-state index contributed by atoms with van der Waals surface area (Å²) in [5.74, 6) is 0.462. The van der Waals surface area contributed by atoms with Crippen LogP contribution in [0.4, 0.5) is 0 Å². The van der Waals surface area contributed by atoms with E-state index in [1.807, 2.05) is 6.26 Å². The van der Waals surface area contributed by atoms with Crippen LogP contribution in [-0.2, 0) is 4.74 Å². The molecule has 2 heteroatoms. The predicted molar refractivity (Wildman–Crippen MR) is 47.3 cm³/mol. The van der Waals surface area contributed by atoms with E-state index in [2.05, 4.69) is 6.07 Å². The van der Waals surface area contributed by atoms with Gasteiger partial charge in [0.1, 0.15) is 0 Å². The van der Waals surface area contributed by atoms with E-state index in [1.54, 1.807) is 7.11 Å². The van der Waals surface area contributed by atoms with Crippen molar-refractivity contribution in [2.24, 2.45) is 5.92 Å². The van der Waals surface area contributed by atoms with Gasteiger partial charge in [-0.05, 0) is 30.8 Å². The number of ether oxygens (including phenoxy) is 1. The Labute approximate surface area is 73.8 Å².